The number of nitrogens with one attached hydrogen (secondary N) is 1. The molecule has 1 amide bonds. The van der Waals surface area contributed by atoms with E-state index in [0.29, 0.717) is 30.2 Å². The van der Waals surface area contributed by atoms with Gasteiger partial charge in [0.05, 0.1) is 35.9 Å². The van der Waals surface area contributed by atoms with Gasteiger partial charge in [-0.2, -0.15) is 0 Å². The first-order valence-electron chi connectivity index (χ1n) is 9.45. The second-order valence-corrected chi connectivity index (χ2v) is 7.30. The molecule has 3 aromatic rings. The van der Waals surface area contributed by atoms with Gasteiger partial charge in [-0.3, -0.25) is 4.79 Å². The molecule has 0 fully saturated rings. The second-order valence-electron chi connectivity index (χ2n) is 7.30. The van der Waals surface area contributed by atoms with Crippen molar-refractivity contribution in [1.29, 1.82) is 0 Å². The van der Waals surface area contributed by atoms with Gasteiger partial charge in [0.2, 0.25) is 0 Å². The first kappa shape index (κ1) is 18.3. The highest BCUT2D eigenvalue weighted by Crippen LogP contribution is 2.34. The predicted molar refractivity (Wildman–Crippen MR) is 104 cm³/mol. The summed E-state index contributed by atoms with van der Waals surface area (Å²) in [6.07, 6.45) is 2.36. The smallest absolute Gasteiger partial charge is 0.257 e. The van der Waals surface area contributed by atoms with Gasteiger partial charge in [-0.1, -0.05) is 25.1 Å². The summed E-state index contributed by atoms with van der Waals surface area (Å²) >= 11 is 0. The Kier molecular flexibility index (Phi) is 4.90. The summed E-state index contributed by atoms with van der Waals surface area (Å²) < 4.78 is 16.6. The molecular formula is C21H23N3O4. The van der Waals surface area contributed by atoms with Crippen molar-refractivity contribution < 1.29 is 18.8 Å². The highest BCUT2D eigenvalue weighted by atomic mass is 16.5. The van der Waals surface area contributed by atoms with Crippen molar-refractivity contribution in [3.63, 3.8) is 0 Å². The molecule has 146 valence electrons. The molecule has 0 saturated carbocycles. The molecule has 0 unspecified atom stereocenters. The molecule has 0 spiro atoms. The van der Waals surface area contributed by atoms with Crippen molar-refractivity contribution in [1.82, 2.24) is 15.5 Å². The number of hydrogen-bond donors (Lipinski definition) is 1. The molecule has 7 nitrogen and oxygen atoms in total. The highest BCUT2D eigenvalue weighted by Gasteiger charge is 2.22. The van der Waals surface area contributed by atoms with E-state index in [1.807, 2.05) is 25.1 Å². The van der Waals surface area contributed by atoms with Crippen LogP contribution in [0.25, 0.3) is 11.1 Å². The molecule has 2 aromatic heterocycles. The van der Waals surface area contributed by atoms with Crippen molar-refractivity contribution in [3.8, 4) is 11.5 Å². The Morgan fingerprint density at radius 1 is 1.14 bits per heavy atom. The van der Waals surface area contributed by atoms with E-state index in [-0.39, 0.29) is 17.9 Å². The third kappa shape index (κ3) is 3.52. The summed E-state index contributed by atoms with van der Waals surface area (Å²) in [7, 11) is 0. The van der Waals surface area contributed by atoms with Gasteiger partial charge in [-0.05, 0) is 36.6 Å². The maximum absolute atomic E-state index is 12.9. The molecule has 1 aliphatic rings. The van der Waals surface area contributed by atoms with Gasteiger partial charge < -0.3 is 19.3 Å². The third-order valence-corrected chi connectivity index (χ3v) is 4.86. The standard InChI is InChI=1S/C21H23N3O4/c1-12(2)19(14-5-6-17-18(10-14)27-8-4-7-26-17)23-20(25)15-9-16-13(3)24-28-21(16)22-11-15/h5-6,9-12,19H,4,7-8H2,1-3H3,(H,23,25)/t19-/m0/s1. The Hall–Kier alpha value is -3.09. The molecular weight excluding hydrogens is 358 g/mol. The Labute approximate surface area is 163 Å². The number of rotatable bonds is 4. The molecule has 1 N–H and O–H groups in total. The van der Waals surface area contributed by atoms with Crippen molar-refractivity contribution in [3.05, 3.63) is 47.3 Å². The Balaban J connectivity index is 1.60. The average molecular weight is 381 g/mol. The van der Waals surface area contributed by atoms with Gasteiger partial charge in [0, 0.05) is 12.6 Å². The van der Waals surface area contributed by atoms with E-state index in [2.05, 4.69) is 29.3 Å². The minimum absolute atomic E-state index is 0.177. The maximum atomic E-state index is 12.9. The lowest BCUT2D eigenvalue weighted by Gasteiger charge is -2.24. The fraction of sp³-hybridized carbons (Fsp3) is 0.381. The molecule has 1 aliphatic heterocycles. The number of ether oxygens (including phenoxy) is 2. The van der Waals surface area contributed by atoms with Crippen LogP contribution in [0.1, 0.15) is 47.9 Å². The van der Waals surface area contributed by atoms with Gasteiger partial charge in [0.25, 0.3) is 11.6 Å². The lowest BCUT2D eigenvalue weighted by molar-refractivity contribution is 0.0925. The number of fused-ring (bicyclic) bond motifs is 2. The Bertz CT molecular complexity index is 1010. The van der Waals surface area contributed by atoms with Crippen LogP contribution >= 0.6 is 0 Å². The van der Waals surface area contributed by atoms with Crippen LogP contribution in [-0.2, 0) is 0 Å². The monoisotopic (exact) mass is 381 g/mol. The van der Waals surface area contributed by atoms with Gasteiger partial charge in [0.1, 0.15) is 0 Å². The van der Waals surface area contributed by atoms with Crippen molar-refractivity contribution in [2.75, 3.05) is 13.2 Å². The number of nitrogens with zero attached hydrogens (tertiary/aromatic N) is 2. The zero-order valence-electron chi connectivity index (χ0n) is 16.2. The van der Waals surface area contributed by atoms with Crippen LogP contribution < -0.4 is 14.8 Å². The maximum Gasteiger partial charge on any atom is 0.257 e. The molecule has 0 saturated heterocycles. The number of benzene rings is 1. The van der Waals surface area contributed by atoms with E-state index in [1.54, 1.807) is 6.07 Å². The van der Waals surface area contributed by atoms with Crippen molar-refractivity contribution in [2.45, 2.75) is 33.2 Å². The quantitative estimate of drug-likeness (QED) is 0.739. The first-order chi connectivity index (χ1) is 13.5. The molecule has 0 radical (unpaired) electrons. The van der Waals surface area contributed by atoms with Crippen LogP contribution in [0.4, 0.5) is 0 Å². The van der Waals surface area contributed by atoms with Crippen LogP contribution in [0.15, 0.2) is 35.0 Å². The summed E-state index contributed by atoms with van der Waals surface area (Å²) in [5.74, 6) is 1.45. The van der Waals surface area contributed by atoms with E-state index >= 15 is 0 Å². The van der Waals surface area contributed by atoms with Crippen LogP contribution in [0.3, 0.4) is 0 Å². The fourth-order valence-electron chi connectivity index (χ4n) is 3.30. The summed E-state index contributed by atoms with van der Waals surface area (Å²) in [6.45, 7) is 7.23. The zero-order valence-corrected chi connectivity index (χ0v) is 16.2. The zero-order chi connectivity index (χ0) is 19.7. The van der Waals surface area contributed by atoms with E-state index in [0.717, 1.165) is 28.9 Å². The number of pyridine rings is 1. The fourth-order valence-corrected chi connectivity index (χ4v) is 3.30. The largest absolute Gasteiger partial charge is 0.490 e. The van der Waals surface area contributed by atoms with Gasteiger partial charge in [0.15, 0.2) is 11.5 Å². The van der Waals surface area contributed by atoms with Crippen LogP contribution in [0.5, 0.6) is 11.5 Å². The molecule has 1 atom stereocenters. The van der Waals surface area contributed by atoms with Crippen LogP contribution in [0, 0.1) is 12.8 Å². The predicted octanol–water partition coefficient (Wildman–Crippen LogP) is 3.82. The lowest BCUT2D eigenvalue weighted by atomic mass is 9.95. The molecule has 28 heavy (non-hydrogen) atoms. The van der Waals surface area contributed by atoms with Gasteiger partial charge in [-0.15, -0.1) is 0 Å². The Morgan fingerprint density at radius 3 is 2.71 bits per heavy atom. The minimum Gasteiger partial charge on any atom is -0.490 e. The van der Waals surface area contributed by atoms with E-state index in [4.69, 9.17) is 14.0 Å². The van der Waals surface area contributed by atoms with E-state index in [9.17, 15) is 4.79 Å². The normalized spacial score (nSPS) is 14.7. The summed E-state index contributed by atoms with van der Waals surface area (Å²) in [4.78, 5) is 17.1. The summed E-state index contributed by atoms with van der Waals surface area (Å²) in [5, 5.41) is 7.75. The Morgan fingerprint density at radius 2 is 1.93 bits per heavy atom. The SMILES string of the molecule is Cc1noc2ncc(C(=O)N[C@H](c3ccc4c(c3)OCCCO4)C(C)C)cc12. The van der Waals surface area contributed by atoms with Crippen LogP contribution in [-0.4, -0.2) is 29.3 Å². The molecule has 0 aliphatic carbocycles. The molecule has 1 aromatic carbocycles. The van der Waals surface area contributed by atoms with Gasteiger partial charge in [-0.25, -0.2) is 4.98 Å². The molecule has 7 heteroatoms. The topological polar surface area (TPSA) is 86.5 Å². The van der Waals surface area contributed by atoms with E-state index < -0.39 is 0 Å². The number of hydrogen-bond acceptors (Lipinski definition) is 6. The summed E-state index contributed by atoms with van der Waals surface area (Å²) in [5.41, 5.74) is 2.58. The number of aromatic nitrogens is 2. The minimum atomic E-state index is -0.194. The van der Waals surface area contributed by atoms with Crippen molar-refractivity contribution >= 4 is 17.0 Å². The molecule has 3 heterocycles. The number of carbonyl (C=O) groups excluding carboxylic acids is 1. The molecule has 0 bridgehead atoms. The number of amides is 1. The third-order valence-electron chi connectivity index (χ3n) is 4.86. The number of aryl methyl sites for hydroxylation is 1. The number of carbonyl (C=O) groups is 1. The highest BCUT2D eigenvalue weighted by molar-refractivity contribution is 5.97. The molecule has 4 rings (SSSR count). The van der Waals surface area contributed by atoms with E-state index in [1.165, 1.54) is 6.20 Å². The van der Waals surface area contributed by atoms with Crippen molar-refractivity contribution in [2.24, 2.45) is 5.92 Å². The summed E-state index contributed by atoms with van der Waals surface area (Å²) in [6, 6.07) is 7.42. The van der Waals surface area contributed by atoms with Crippen LogP contribution in [0.2, 0.25) is 0 Å². The average Bonchev–Trinajstić information content (AvgIpc) is 2.90. The first-order valence-corrected chi connectivity index (χ1v) is 9.45. The van der Waals surface area contributed by atoms with Gasteiger partial charge >= 0.3 is 0 Å². The second kappa shape index (κ2) is 7.50. The lowest BCUT2D eigenvalue weighted by Crippen LogP contribution is -2.31.